The Kier molecular flexibility index (Phi) is 8.67. The molecule has 4 rings (SSSR count). The summed E-state index contributed by atoms with van der Waals surface area (Å²) in [6.45, 7) is 10.7. The summed E-state index contributed by atoms with van der Waals surface area (Å²) in [6.07, 6.45) is 3.03. The summed E-state index contributed by atoms with van der Waals surface area (Å²) < 4.78 is 7.20. The Balaban J connectivity index is 1.76. The van der Waals surface area contributed by atoms with Crippen LogP contribution in [0, 0.1) is 16.7 Å². The molecule has 208 valence electrons. The minimum absolute atomic E-state index is 0.0865. The Bertz CT molecular complexity index is 1600. The number of aromatic nitrogens is 4. The number of fused-ring (bicyclic) bond motifs is 1. The van der Waals surface area contributed by atoms with Crippen molar-refractivity contribution in [2.75, 3.05) is 51.6 Å². The van der Waals surface area contributed by atoms with Crippen LogP contribution in [0.2, 0.25) is 5.02 Å². The van der Waals surface area contributed by atoms with E-state index in [0.717, 1.165) is 36.0 Å². The third-order valence-electron chi connectivity index (χ3n) is 6.32. The molecule has 0 atom stereocenters. The van der Waals surface area contributed by atoms with Crippen LogP contribution in [0.5, 0.6) is 5.75 Å². The molecule has 0 unspecified atom stereocenters. The van der Waals surface area contributed by atoms with E-state index in [0.29, 0.717) is 35.2 Å². The number of nitro groups is 1. The van der Waals surface area contributed by atoms with Gasteiger partial charge in [-0.25, -0.2) is 14.5 Å². The molecule has 2 aromatic heterocycles. The molecule has 0 aliphatic heterocycles. The molecule has 0 fully saturated rings. The van der Waals surface area contributed by atoms with Gasteiger partial charge in [0.1, 0.15) is 16.5 Å². The summed E-state index contributed by atoms with van der Waals surface area (Å²) in [5.41, 5.74) is 2.77. The lowest BCUT2D eigenvalue weighted by Gasteiger charge is -2.22. The fourth-order valence-electron chi connectivity index (χ4n) is 4.25. The number of nitro benzene ring substituents is 1. The number of likely N-dealkylation sites (N-methyl/N-ethyl adjacent to an activating group) is 2. The highest BCUT2D eigenvalue weighted by molar-refractivity contribution is 6.32. The average Bonchev–Trinajstić information content (AvgIpc) is 3.29. The van der Waals surface area contributed by atoms with E-state index >= 15 is 0 Å². The third kappa shape index (κ3) is 5.90. The van der Waals surface area contributed by atoms with Gasteiger partial charge < -0.3 is 19.9 Å². The van der Waals surface area contributed by atoms with Crippen LogP contribution >= 0.6 is 11.6 Å². The minimum atomic E-state index is -0.428. The minimum Gasteiger partial charge on any atom is -0.494 e. The molecule has 0 saturated carbocycles. The fraction of sp³-hybridized carbons (Fsp3) is 0.333. The van der Waals surface area contributed by atoms with Crippen molar-refractivity contribution < 1.29 is 9.66 Å². The van der Waals surface area contributed by atoms with E-state index in [1.807, 2.05) is 36.0 Å². The number of nitrogens with one attached hydrogen (secondary N) is 1. The highest BCUT2D eigenvalue weighted by Gasteiger charge is 2.23. The topological polar surface area (TPSA) is 119 Å². The quantitative estimate of drug-likeness (QED) is 0.141. The lowest BCUT2D eigenvalue weighted by atomic mass is 10.1. The molecule has 0 aliphatic rings. The summed E-state index contributed by atoms with van der Waals surface area (Å²) in [5, 5.41) is 20.9. The molecule has 0 radical (unpaired) electrons. The lowest BCUT2D eigenvalue weighted by Crippen LogP contribution is -2.29. The van der Waals surface area contributed by atoms with Crippen LogP contribution in [0.3, 0.4) is 0 Å². The van der Waals surface area contributed by atoms with Gasteiger partial charge in [0.2, 0.25) is 5.95 Å². The molecule has 4 aromatic rings. The molecule has 0 aliphatic carbocycles. The van der Waals surface area contributed by atoms with Crippen molar-refractivity contribution in [3.8, 4) is 11.6 Å². The van der Waals surface area contributed by atoms with Crippen LogP contribution in [0.25, 0.3) is 21.6 Å². The van der Waals surface area contributed by atoms with E-state index < -0.39 is 4.92 Å². The van der Waals surface area contributed by atoms with Gasteiger partial charge in [0, 0.05) is 37.7 Å². The number of rotatable bonds is 11. The van der Waals surface area contributed by atoms with Crippen molar-refractivity contribution in [3.05, 3.63) is 68.8 Å². The molecule has 2 heterocycles. The fourth-order valence-corrected chi connectivity index (χ4v) is 4.43. The van der Waals surface area contributed by atoms with Gasteiger partial charge in [0.15, 0.2) is 11.5 Å². The maximum atomic E-state index is 12.0. The zero-order valence-corrected chi connectivity index (χ0v) is 23.7. The molecular formula is C27H30ClN9O3. The van der Waals surface area contributed by atoms with Crippen LogP contribution in [-0.2, 0) is 6.42 Å². The van der Waals surface area contributed by atoms with Crippen LogP contribution in [0.4, 0.5) is 28.7 Å². The van der Waals surface area contributed by atoms with Crippen molar-refractivity contribution in [1.82, 2.24) is 24.6 Å². The molecule has 0 spiro atoms. The zero-order chi connectivity index (χ0) is 29.0. The number of ether oxygens (including phenoxy) is 1. The van der Waals surface area contributed by atoms with E-state index in [9.17, 15) is 10.1 Å². The second kappa shape index (κ2) is 12.1. The zero-order valence-electron chi connectivity index (χ0n) is 23.0. The monoisotopic (exact) mass is 563 g/mol. The average molecular weight is 564 g/mol. The standard InChI is InChI=1S/C27H30ClN9O3/c1-7-8-20-18-13-17(29-2)9-10-22(18)36(33-20)26-19(28)16-30-27(32-26)31-21-14-24(37(38)39)23(15-25(21)40-6)35(5)12-11-34(3)4/h9-10,13-16H,7-8,11-12H2,1,3-6H3,(H,30,31,32). The first-order valence-electron chi connectivity index (χ1n) is 12.6. The Hall–Kier alpha value is -4.47. The Morgan fingerprint density at radius 2 is 2.00 bits per heavy atom. The Morgan fingerprint density at radius 1 is 1.23 bits per heavy atom. The van der Waals surface area contributed by atoms with E-state index in [1.54, 1.807) is 23.9 Å². The van der Waals surface area contributed by atoms with Gasteiger partial charge in [-0.15, -0.1) is 0 Å². The number of aryl methyl sites for hydroxylation is 1. The lowest BCUT2D eigenvalue weighted by molar-refractivity contribution is -0.384. The summed E-state index contributed by atoms with van der Waals surface area (Å²) >= 11 is 6.53. The number of anilines is 3. The normalized spacial score (nSPS) is 11.1. The number of benzene rings is 2. The highest BCUT2D eigenvalue weighted by Crippen LogP contribution is 2.39. The summed E-state index contributed by atoms with van der Waals surface area (Å²) in [6, 6.07) is 8.38. The van der Waals surface area contributed by atoms with Gasteiger partial charge in [-0.1, -0.05) is 31.0 Å². The second-order valence-corrected chi connectivity index (χ2v) is 9.84. The first kappa shape index (κ1) is 28.5. The van der Waals surface area contributed by atoms with Crippen LogP contribution in [0.1, 0.15) is 19.0 Å². The smallest absolute Gasteiger partial charge is 0.294 e. The highest BCUT2D eigenvalue weighted by atomic mass is 35.5. The molecular weight excluding hydrogens is 534 g/mol. The van der Waals surface area contributed by atoms with E-state index in [-0.39, 0.29) is 16.7 Å². The van der Waals surface area contributed by atoms with Crippen molar-refractivity contribution in [1.29, 1.82) is 0 Å². The third-order valence-corrected chi connectivity index (χ3v) is 6.58. The first-order valence-corrected chi connectivity index (χ1v) is 13.0. The van der Waals surface area contributed by atoms with Crippen molar-refractivity contribution in [2.45, 2.75) is 19.8 Å². The van der Waals surface area contributed by atoms with Gasteiger partial charge in [-0.05, 0) is 32.6 Å². The molecule has 1 N–H and O–H groups in total. The van der Waals surface area contributed by atoms with Gasteiger partial charge in [-0.3, -0.25) is 10.1 Å². The van der Waals surface area contributed by atoms with Gasteiger partial charge in [0.05, 0.1) is 41.7 Å². The van der Waals surface area contributed by atoms with E-state index in [2.05, 4.69) is 27.1 Å². The van der Waals surface area contributed by atoms with Crippen molar-refractivity contribution in [2.24, 2.45) is 0 Å². The molecule has 40 heavy (non-hydrogen) atoms. The second-order valence-electron chi connectivity index (χ2n) is 9.44. The number of methoxy groups -OCH3 is 1. The molecule has 0 amide bonds. The molecule has 0 saturated heterocycles. The Labute approximate surface area is 237 Å². The summed E-state index contributed by atoms with van der Waals surface area (Å²) in [5.74, 6) is 0.869. The van der Waals surface area contributed by atoms with Crippen molar-refractivity contribution >= 4 is 51.2 Å². The number of nitrogens with zero attached hydrogens (tertiary/aromatic N) is 8. The maximum absolute atomic E-state index is 12.0. The summed E-state index contributed by atoms with van der Waals surface area (Å²) in [7, 11) is 7.18. The maximum Gasteiger partial charge on any atom is 0.294 e. The number of hydrogen-bond donors (Lipinski definition) is 1. The molecule has 12 nitrogen and oxygen atoms in total. The largest absolute Gasteiger partial charge is 0.494 e. The van der Waals surface area contributed by atoms with Crippen LogP contribution in [-0.4, -0.2) is 70.9 Å². The van der Waals surface area contributed by atoms with E-state index in [4.69, 9.17) is 28.0 Å². The first-order chi connectivity index (χ1) is 19.2. The molecule has 13 heteroatoms. The van der Waals surface area contributed by atoms with Crippen LogP contribution in [0.15, 0.2) is 36.5 Å². The summed E-state index contributed by atoms with van der Waals surface area (Å²) in [4.78, 5) is 27.8. The molecule has 0 bridgehead atoms. The van der Waals surface area contributed by atoms with Crippen LogP contribution < -0.4 is 15.0 Å². The van der Waals surface area contributed by atoms with Gasteiger partial charge in [-0.2, -0.15) is 10.1 Å². The molecule has 2 aromatic carbocycles. The van der Waals surface area contributed by atoms with Gasteiger partial charge in [0.25, 0.3) is 5.69 Å². The van der Waals surface area contributed by atoms with Gasteiger partial charge >= 0.3 is 0 Å². The van der Waals surface area contributed by atoms with Crippen molar-refractivity contribution in [3.63, 3.8) is 0 Å². The van der Waals surface area contributed by atoms with E-state index in [1.165, 1.54) is 19.4 Å². The predicted octanol–water partition coefficient (Wildman–Crippen LogP) is 5.63. The Morgan fingerprint density at radius 3 is 2.65 bits per heavy atom. The SMILES string of the molecule is [C-]#[N+]c1ccc2c(c1)c(CCC)nn2-c1nc(Nc2cc([N+](=O)[O-])c(N(C)CCN(C)C)cc2OC)ncc1Cl. The number of halogens is 1. The predicted molar refractivity (Wildman–Crippen MR) is 157 cm³/mol. The number of hydrogen-bond acceptors (Lipinski definition) is 9.